The van der Waals surface area contributed by atoms with E-state index in [1.54, 1.807) is 0 Å². The third-order valence-electron chi connectivity index (χ3n) is 3.35. The molecule has 1 heterocycles. The predicted molar refractivity (Wildman–Crippen MR) is 67.4 cm³/mol. The number of benzene rings is 1. The minimum absolute atomic E-state index is 0.00563. The zero-order chi connectivity index (χ0) is 15.6. The van der Waals surface area contributed by atoms with Crippen molar-refractivity contribution in [1.82, 2.24) is 4.90 Å². The Labute approximate surface area is 119 Å². The summed E-state index contributed by atoms with van der Waals surface area (Å²) in [5, 5.41) is 0. The van der Waals surface area contributed by atoms with Crippen LogP contribution in [0.3, 0.4) is 0 Å². The quantitative estimate of drug-likeness (QED) is 0.607. The van der Waals surface area contributed by atoms with Gasteiger partial charge in [-0.1, -0.05) is 0 Å². The number of halogens is 2. The molecule has 1 atom stereocenters. The van der Waals surface area contributed by atoms with Crippen molar-refractivity contribution < 1.29 is 27.9 Å². The molecule has 0 spiro atoms. The number of amides is 1. The van der Waals surface area contributed by atoms with E-state index >= 15 is 0 Å². The third kappa shape index (κ3) is 3.07. The summed E-state index contributed by atoms with van der Waals surface area (Å²) in [4.78, 5) is 36.5. The topological polar surface area (TPSA) is 63.7 Å². The Bertz CT molecular complexity index is 595. The van der Waals surface area contributed by atoms with Gasteiger partial charge in [0.15, 0.2) is 5.78 Å². The highest BCUT2D eigenvalue weighted by molar-refractivity contribution is 6.02. The molecule has 0 aromatic heterocycles. The van der Waals surface area contributed by atoms with Gasteiger partial charge < -0.3 is 9.64 Å². The largest absolute Gasteiger partial charge is 0.468 e. The molecule has 2 rings (SSSR count). The lowest BCUT2D eigenvalue weighted by molar-refractivity contribution is -0.151. The monoisotopic (exact) mass is 297 g/mol. The Balaban J connectivity index is 2.19. The lowest BCUT2D eigenvalue weighted by Crippen LogP contribution is -2.47. The van der Waals surface area contributed by atoms with Gasteiger partial charge in [0, 0.05) is 25.6 Å². The van der Waals surface area contributed by atoms with Crippen molar-refractivity contribution in [2.24, 2.45) is 5.92 Å². The molecular weight excluding hydrogens is 284 g/mol. The highest BCUT2D eigenvalue weighted by Crippen LogP contribution is 2.19. The number of nitrogens with zero attached hydrogens (tertiary/aromatic N) is 1. The summed E-state index contributed by atoms with van der Waals surface area (Å²) in [5.41, 5.74) is -0.297. The van der Waals surface area contributed by atoms with E-state index in [-0.39, 0.29) is 30.9 Å². The van der Waals surface area contributed by atoms with Crippen molar-refractivity contribution in [2.75, 3.05) is 20.2 Å². The standard InChI is InChI=1S/C14H13F2NO4/c1-21-14(20)10-7-17(5-4-12(10)18)13(19)9-3-2-8(15)6-11(9)16/h2-3,6,10H,4-5,7H2,1H3. The smallest absolute Gasteiger partial charge is 0.318 e. The van der Waals surface area contributed by atoms with Crippen molar-refractivity contribution >= 4 is 17.7 Å². The van der Waals surface area contributed by atoms with Gasteiger partial charge in [-0.3, -0.25) is 14.4 Å². The number of rotatable bonds is 2. The lowest BCUT2D eigenvalue weighted by Gasteiger charge is -2.30. The molecule has 1 aromatic rings. The number of esters is 1. The summed E-state index contributed by atoms with van der Waals surface area (Å²) >= 11 is 0. The predicted octanol–water partition coefficient (Wildman–Crippen LogP) is 1.17. The molecule has 1 amide bonds. The summed E-state index contributed by atoms with van der Waals surface area (Å²) < 4.78 is 31.0. The number of carbonyl (C=O) groups is 3. The van der Waals surface area contributed by atoms with E-state index in [0.717, 1.165) is 19.2 Å². The van der Waals surface area contributed by atoms with E-state index in [0.29, 0.717) is 6.07 Å². The van der Waals surface area contributed by atoms with Crippen LogP contribution in [0.1, 0.15) is 16.8 Å². The van der Waals surface area contributed by atoms with E-state index in [1.165, 1.54) is 4.90 Å². The molecule has 0 aliphatic carbocycles. The number of hydrogen-bond acceptors (Lipinski definition) is 4. The molecule has 0 bridgehead atoms. The Morgan fingerprint density at radius 2 is 2.05 bits per heavy atom. The highest BCUT2D eigenvalue weighted by atomic mass is 19.1. The zero-order valence-electron chi connectivity index (χ0n) is 11.3. The number of Topliss-reactive ketones (excluding diaryl/α,β-unsaturated/α-hetero) is 1. The molecule has 1 aliphatic rings. The van der Waals surface area contributed by atoms with E-state index in [1.807, 2.05) is 0 Å². The molecule has 1 aromatic carbocycles. The van der Waals surface area contributed by atoms with Crippen molar-refractivity contribution in [3.05, 3.63) is 35.4 Å². The fourth-order valence-corrected chi connectivity index (χ4v) is 2.20. The van der Waals surface area contributed by atoms with Gasteiger partial charge in [0.2, 0.25) is 0 Å². The number of hydrogen-bond donors (Lipinski definition) is 0. The molecule has 0 N–H and O–H groups in total. The molecular formula is C14H13F2NO4. The van der Waals surface area contributed by atoms with Crippen LogP contribution in [0.5, 0.6) is 0 Å². The van der Waals surface area contributed by atoms with Gasteiger partial charge in [-0.05, 0) is 12.1 Å². The Morgan fingerprint density at radius 1 is 1.33 bits per heavy atom. The molecule has 1 unspecified atom stereocenters. The summed E-state index contributed by atoms with van der Waals surface area (Å²) in [7, 11) is 1.15. The van der Waals surface area contributed by atoms with Gasteiger partial charge >= 0.3 is 5.97 Å². The first-order chi connectivity index (χ1) is 9.93. The van der Waals surface area contributed by atoms with Crippen LogP contribution in [0.25, 0.3) is 0 Å². The Morgan fingerprint density at radius 3 is 2.67 bits per heavy atom. The second-order valence-electron chi connectivity index (χ2n) is 4.67. The van der Waals surface area contributed by atoms with Crippen molar-refractivity contribution in [2.45, 2.75) is 6.42 Å². The molecule has 1 fully saturated rings. The van der Waals surface area contributed by atoms with Gasteiger partial charge in [-0.2, -0.15) is 0 Å². The van der Waals surface area contributed by atoms with Gasteiger partial charge in [0.05, 0.1) is 12.7 Å². The minimum atomic E-state index is -1.06. The summed E-state index contributed by atoms with van der Waals surface area (Å²) in [5.74, 6) is -4.55. The third-order valence-corrected chi connectivity index (χ3v) is 3.35. The van der Waals surface area contributed by atoms with E-state index in [9.17, 15) is 23.2 Å². The number of piperidine rings is 1. The van der Waals surface area contributed by atoms with E-state index in [4.69, 9.17) is 0 Å². The van der Waals surface area contributed by atoms with Gasteiger partial charge in [-0.25, -0.2) is 8.78 Å². The summed E-state index contributed by atoms with van der Waals surface area (Å²) in [6.07, 6.45) is -0.00563. The van der Waals surface area contributed by atoms with Crippen LogP contribution in [0.2, 0.25) is 0 Å². The molecule has 0 saturated carbocycles. The van der Waals surface area contributed by atoms with E-state index in [2.05, 4.69) is 4.74 Å². The molecule has 21 heavy (non-hydrogen) atoms. The average molecular weight is 297 g/mol. The Hall–Kier alpha value is -2.31. The van der Waals surface area contributed by atoms with Crippen LogP contribution >= 0.6 is 0 Å². The molecule has 0 radical (unpaired) electrons. The normalized spacial score (nSPS) is 18.5. The number of ketones is 1. The molecule has 1 saturated heterocycles. The number of ether oxygens (including phenoxy) is 1. The van der Waals surface area contributed by atoms with Gasteiger partial charge in [0.25, 0.3) is 5.91 Å². The maximum atomic E-state index is 13.6. The molecule has 5 nitrogen and oxygen atoms in total. The maximum Gasteiger partial charge on any atom is 0.318 e. The first-order valence-electron chi connectivity index (χ1n) is 6.29. The maximum absolute atomic E-state index is 13.6. The fourth-order valence-electron chi connectivity index (χ4n) is 2.20. The minimum Gasteiger partial charge on any atom is -0.468 e. The van der Waals surface area contributed by atoms with E-state index < -0.39 is 29.4 Å². The average Bonchev–Trinajstić information content (AvgIpc) is 2.46. The van der Waals surface area contributed by atoms with Crippen LogP contribution in [0, 0.1) is 17.6 Å². The van der Waals surface area contributed by atoms with Crippen LogP contribution < -0.4 is 0 Å². The second kappa shape index (κ2) is 5.99. The Kier molecular flexibility index (Phi) is 4.30. The first kappa shape index (κ1) is 15.1. The van der Waals surface area contributed by atoms with Crippen molar-refractivity contribution in [3.8, 4) is 0 Å². The second-order valence-corrected chi connectivity index (χ2v) is 4.67. The van der Waals surface area contributed by atoms with Crippen LogP contribution in [-0.2, 0) is 14.3 Å². The van der Waals surface area contributed by atoms with Crippen LogP contribution in [0.4, 0.5) is 8.78 Å². The SMILES string of the molecule is COC(=O)C1CN(C(=O)c2ccc(F)cc2F)CCC1=O. The molecule has 7 heteroatoms. The molecule has 112 valence electrons. The first-order valence-corrected chi connectivity index (χ1v) is 6.29. The fraction of sp³-hybridized carbons (Fsp3) is 0.357. The van der Waals surface area contributed by atoms with Crippen LogP contribution in [-0.4, -0.2) is 42.8 Å². The highest BCUT2D eigenvalue weighted by Gasteiger charge is 2.36. The number of methoxy groups -OCH3 is 1. The van der Waals surface area contributed by atoms with Crippen molar-refractivity contribution in [3.63, 3.8) is 0 Å². The van der Waals surface area contributed by atoms with Gasteiger partial charge in [-0.15, -0.1) is 0 Å². The number of likely N-dealkylation sites (tertiary alicyclic amines) is 1. The number of carbonyl (C=O) groups excluding carboxylic acids is 3. The van der Waals surface area contributed by atoms with Gasteiger partial charge in [0.1, 0.15) is 17.6 Å². The lowest BCUT2D eigenvalue weighted by atomic mass is 9.96. The van der Waals surface area contributed by atoms with Crippen molar-refractivity contribution in [1.29, 1.82) is 0 Å². The summed E-state index contributed by atoms with van der Waals surface area (Å²) in [6, 6.07) is 2.62. The van der Waals surface area contributed by atoms with Crippen LogP contribution in [0.15, 0.2) is 18.2 Å². The molecule has 1 aliphatic heterocycles. The zero-order valence-corrected chi connectivity index (χ0v) is 11.3. The summed E-state index contributed by atoms with van der Waals surface area (Å²) in [6.45, 7) is -0.0802.